The number of amides is 2. The number of aliphatic hydroxyl groups excluding tert-OH is 20. The second kappa shape index (κ2) is 33.2. The third-order valence-electron chi connectivity index (χ3n) is 17.7. The molecule has 21 fully saturated rings. The molecule has 0 aliphatic carbocycles. The third kappa shape index (κ3) is 16.5. The van der Waals surface area contributed by atoms with Gasteiger partial charge in [0.1, 0.15) is 183 Å². The number of nitrogens with one attached hydrogen (secondary N) is 2. The number of ether oxygens (including phenoxy) is 14. The second-order valence-corrected chi connectivity index (χ2v) is 24.1. The number of aliphatic hydroxyl groups is 20. The number of phenols is 1. The van der Waals surface area contributed by atoms with Gasteiger partial charge in [0.15, 0.2) is 44.0 Å². The van der Waals surface area contributed by atoms with Gasteiger partial charge in [-0.1, -0.05) is 12.1 Å². The summed E-state index contributed by atoms with van der Waals surface area (Å²) in [5.74, 6) is -3.41. The normalized spacial score (nSPS) is 46.9. The second-order valence-electron chi connectivity index (χ2n) is 24.1. The molecule has 2 amide bonds. The summed E-state index contributed by atoms with van der Waals surface area (Å²) < 4.78 is 80.8. The van der Waals surface area contributed by atoms with Crippen molar-refractivity contribution in [2.24, 2.45) is 0 Å². The predicted octanol–water partition coefficient (Wildman–Crippen LogP) is -14.8. The Hall–Kier alpha value is -3.93. The van der Waals surface area contributed by atoms with Crippen LogP contribution in [-0.4, -0.2) is 397 Å². The molecule has 41 heteroatoms. The minimum absolute atomic E-state index is 0.104. The van der Waals surface area contributed by atoms with E-state index in [1.54, 1.807) is 0 Å². The van der Waals surface area contributed by atoms with Gasteiger partial charge in [-0.25, -0.2) is 4.79 Å². The third-order valence-corrected chi connectivity index (χ3v) is 17.7. The van der Waals surface area contributed by atoms with Gasteiger partial charge >= 0.3 is 5.97 Å². The molecule has 0 aromatic heterocycles. The Morgan fingerprint density at radius 1 is 0.333 bits per heavy atom. The van der Waals surface area contributed by atoms with E-state index >= 15 is 0 Å². The molecule has 22 rings (SSSR count). The van der Waals surface area contributed by atoms with Crippen LogP contribution in [0, 0.1) is 0 Å². The summed E-state index contributed by atoms with van der Waals surface area (Å²) in [6.45, 7) is -7.45. The number of carboxylic acid groups (broad SMARTS) is 1. The summed E-state index contributed by atoms with van der Waals surface area (Å²) in [5.41, 5.74) is 0.420. The van der Waals surface area contributed by atoms with E-state index in [2.05, 4.69) is 10.6 Å². The standard InChI is InChI=1S/C55H84N2O39/c58-9-19-42-29(69)36(76)51(85-19)93-44-21(11-60)87-53(38(78)31(44)71)95-46-23(13-62)89-55(40(80)33(46)73)96-47-24(14-63)88-54(39(79)32(47)72)94-45-22(12-61)86-52(37(77)30(45)70)92-43-20(10-59)84-50(35(75)28(43)68)90-41-18(83-49(91-42)34(74)27(41)67)8-56-25(65)5-6-26(66)57-17(48(81)82)7-15-1-3-16(64)4-2-15/h1-4,17-24,27-47,49-55,58-64,67-80H,5-14H2,(H,56,65)(H,57,66)(H,81,82)/t17-,18-,19+,20-,21+,22-,23+,24-,27+,28+,29-,30+,31+,32+,33+,34+,35+,36-,37+,38-,39+,40+,41+,42+,43+,44+,45+,46+,47+,49+,50+,51+,52+,53+,54+,55+/m0/s1. The Kier molecular flexibility index (Phi) is 26.4. The Bertz CT molecular complexity index is 2630. The summed E-state index contributed by atoms with van der Waals surface area (Å²) in [6, 6.07) is 3.95. The van der Waals surface area contributed by atoms with Gasteiger partial charge in [-0.15, -0.1) is 0 Å². The molecular formula is C55H84N2O39. The van der Waals surface area contributed by atoms with E-state index in [-0.39, 0.29) is 12.2 Å². The number of carbonyl (C=O) groups is 3. The van der Waals surface area contributed by atoms with E-state index < -0.39 is 298 Å². The van der Waals surface area contributed by atoms with Gasteiger partial charge in [0.2, 0.25) is 11.8 Å². The molecule has 0 radical (unpaired) electrons. The number of phenolic OH excluding ortho intramolecular Hbond substituents is 1. The lowest BCUT2D eigenvalue weighted by Gasteiger charge is -2.50. The zero-order valence-electron chi connectivity index (χ0n) is 50.4. The van der Waals surface area contributed by atoms with Crippen LogP contribution in [0.15, 0.2) is 24.3 Å². The first-order valence-electron chi connectivity index (χ1n) is 30.6. The molecular weight excluding hydrogens is 1310 g/mol. The van der Waals surface area contributed by atoms with Gasteiger partial charge in [0.25, 0.3) is 0 Å². The summed E-state index contributed by atoms with van der Waals surface area (Å²) in [5, 5.41) is 248. The molecule has 548 valence electrons. The van der Waals surface area contributed by atoms with Crippen LogP contribution in [0.5, 0.6) is 5.75 Å². The molecule has 36 atom stereocenters. The van der Waals surface area contributed by atoms with Crippen LogP contribution in [0.4, 0.5) is 0 Å². The number of carboxylic acids is 1. The smallest absolute Gasteiger partial charge is 0.326 e. The van der Waals surface area contributed by atoms with Crippen LogP contribution in [0.25, 0.3) is 0 Å². The van der Waals surface area contributed by atoms with Crippen molar-refractivity contribution in [2.45, 2.75) is 240 Å². The predicted molar refractivity (Wildman–Crippen MR) is 295 cm³/mol. The van der Waals surface area contributed by atoms with E-state index in [1.807, 2.05) is 0 Å². The summed E-state index contributed by atoms with van der Waals surface area (Å²) in [7, 11) is 0. The molecule has 21 aliphatic rings. The average molecular weight is 1400 g/mol. The van der Waals surface area contributed by atoms with Gasteiger partial charge in [-0.2, -0.15) is 0 Å². The highest BCUT2D eigenvalue weighted by molar-refractivity contribution is 5.87. The lowest BCUT2D eigenvalue weighted by Crippen LogP contribution is -2.68. The fourth-order valence-corrected chi connectivity index (χ4v) is 12.3. The van der Waals surface area contributed by atoms with Crippen molar-refractivity contribution in [3.05, 3.63) is 29.8 Å². The highest BCUT2D eigenvalue weighted by Gasteiger charge is 2.60. The first-order valence-corrected chi connectivity index (χ1v) is 30.6. The minimum atomic E-state index is -2.35. The summed E-state index contributed by atoms with van der Waals surface area (Å²) in [4.78, 5) is 38.5. The van der Waals surface area contributed by atoms with E-state index in [4.69, 9.17) is 66.3 Å². The molecule has 21 heterocycles. The zero-order valence-corrected chi connectivity index (χ0v) is 50.4. The highest BCUT2D eigenvalue weighted by atomic mass is 16.8. The molecule has 21 saturated heterocycles. The van der Waals surface area contributed by atoms with Crippen LogP contribution >= 0.6 is 0 Å². The quantitative estimate of drug-likeness (QED) is 0.0775. The maximum atomic E-state index is 13.4. The van der Waals surface area contributed by atoms with Crippen LogP contribution in [0.3, 0.4) is 0 Å². The molecule has 0 saturated carbocycles. The van der Waals surface area contributed by atoms with Gasteiger partial charge in [0.05, 0.1) is 39.6 Å². The van der Waals surface area contributed by atoms with Crippen molar-refractivity contribution in [2.75, 3.05) is 46.2 Å². The number of hydrogen-bond acceptors (Lipinski definition) is 38. The average Bonchev–Trinajstić information content (AvgIpc) is 0.781. The van der Waals surface area contributed by atoms with E-state index in [1.165, 1.54) is 24.3 Å². The number of hydrogen-bond donors (Lipinski definition) is 24. The van der Waals surface area contributed by atoms with Crippen LogP contribution < -0.4 is 10.6 Å². The number of benzene rings is 1. The van der Waals surface area contributed by atoms with E-state index in [0.29, 0.717) is 5.56 Å². The molecule has 96 heavy (non-hydrogen) atoms. The van der Waals surface area contributed by atoms with Crippen molar-refractivity contribution in [3.63, 3.8) is 0 Å². The fourth-order valence-electron chi connectivity index (χ4n) is 12.3. The maximum absolute atomic E-state index is 13.4. The Labute approximate surface area is 542 Å². The van der Waals surface area contributed by atoms with Crippen molar-refractivity contribution < 1.29 is 193 Å². The Balaban J connectivity index is 0.984. The fraction of sp³-hybridized carbons (Fsp3) is 0.836. The number of aromatic hydroxyl groups is 1. The van der Waals surface area contributed by atoms with Crippen molar-refractivity contribution in [3.8, 4) is 5.75 Å². The highest BCUT2D eigenvalue weighted by Crippen LogP contribution is 2.39. The first-order chi connectivity index (χ1) is 45.7. The SMILES string of the molecule is O=C(CCC(=O)N[C@@H](Cc1ccc(O)cc1)C(=O)O)NC[C@@H]1O[C@@H]2O[C@H]3[C@@H](O)[C@H](O)[C@@H](O[C@H]4[C@H](O)[C@H](O)[C@@H](O[C@H]5[C@H](O)[C@@H](O)[C@@H](O[C@H]6[C@H](O)[C@@H](O)[C@@H](O[C@H]7[C@H](O)[C@@H](O)[C@@H](O[C@H]8[C@H](O)[C@@H](O)[C@@H](O[C@H]1[C@H](O)[C@H]2O)O[C@H]8CO)O[C@H]7CO)O[C@H]6CO)O[C@@H]5CO)O[C@@H]4CO)O[C@@H]3CO. The zero-order chi connectivity index (χ0) is 69.9. The van der Waals surface area contributed by atoms with E-state index in [0.717, 1.165) is 0 Å². The molecule has 0 spiro atoms. The number of aliphatic carboxylic acids is 1. The molecule has 1 aromatic carbocycles. The summed E-state index contributed by atoms with van der Waals surface area (Å²) >= 11 is 0. The lowest BCUT2D eigenvalue weighted by molar-refractivity contribution is -0.396. The minimum Gasteiger partial charge on any atom is -0.508 e. The summed E-state index contributed by atoms with van der Waals surface area (Å²) in [6.07, 6.45) is -74.8. The lowest BCUT2D eigenvalue weighted by atomic mass is 9.95. The van der Waals surface area contributed by atoms with Crippen LogP contribution in [0.2, 0.25) is 0 Å². The molecule has 24 N–H and O–H groups in total. The van der Waals surface area contributed by atoms with Crippen molar-refractivity contribution in [1.29, 1.82) is 0 Å². The number of carbonyl (C=O) groups excluding carboxylic acids is 2. The van der Waals surface area contributed by atoms with Gasteiger partial charge in [-0.3, -0.25) is 9.59 Å². The molecule has 0 unspecified atom stereocenters. The molecule has 1 aromatic rings. The molecule has 41 nitrogen and oxygen atoms in total. The van der Waals surface area contributed by atoms with Crippen LogP contribution in [-0.2, 0) is 87.1 Å². The van der Waals surface area contributed by atoms with Crippen LogP contribution in [0.1, 0.15) is 18.4 Å². The Morgan fingerprint density at radius 3 is 0.802 bits per heavy atom. The van der Waals surface area contributed by atoms with Crippen molar-refractivity contribution in [1.82, 2.24) is 10.6 Å². The van der Waals surface area contributed by atoms with Gasteiger partial charge in [0, 0.05) is 25.8 Å². The monoisotopic (exact) mass is 1400 g/mol. The largest absolute Gasteiger partial charge is 0.508 e. The molecule has 14 bridgehead atoms. The van der Waals surface area contributed by atoms with Gasteiger partial charge < -0.3 is 189 Å². The maximum Gasteiger partial charge on any atom is 0.326 e. The Morgan fingerprint density at radius 2 is 0.562 bits per heavy atom. The molecule has 21 aliphatic heterocycles. The first kappa shape index (κ1) is 76.3. The van der Waals surface area contributed by atoms with E-state index in [9.17, 15) is 127 Å². The topological polar surface area (TPSA) is 650 Å². The van der Waals surface area contributed by atoms with Gasteiger partial charge in [-0.05, 0) is 17.7 Å². The number of rotatable bonds is 15. The van der Waals surface area contributed by atoms with Crippen molar-refractivity contribution >= 4 is 17.8 Å².